The summed E-state index contributed by atoms with van der Waals surface area (Å²) in [5.41, 5.74) is 8.26. The van der Waals surface area contributed by atoms with Gasteiger partial charge in [-0.1, -0.05) is 6.07 Å². The van der Waals surface area contributed by atoms with E-state index in [-0.39, 0.29) is 30.7 Å². The molecule has 0 aliphatic carbocycles. The lowest BCUT2D eigenvalue weighted by atomic mass is 9.80. The average Bonchev–Trinajstić information content (AvgIpc) is 3.53. The lowest BCUT2D eigenvalue weighted by Gasteiger charge is -2.33. The molecule has 1 aromatic heterocycles. The summed E-state index contributed by atoms with van der Waals surface area (Å²) in [5.74, 6) is -1.16. The zero-order valence-corrected chi connectivity index (χ0v) is 22.8. The number of hydrogen-bond acceptors (Lipinski definition) is 6. The highest BCUT2D eigenvalue weighted by Crippen LogP contribution is 2.30. The normalized spacial score (nSPS) is 14.4. The lowest BCUT2D eigenvalue weighted by molar-refractivity contribution is -0.140. The summed E-state index contributed by atoms with van der Waals surface area (Å²) in [6, 6.07) is 12.9. The molecule has 0 spiro atoms. The molecule has 1 fully saturated rings. The Kier molecular flexibility index (Phi) is 9.18. The molecule has 1 saturated heterocycles. The first-order valence-corrected chi connectivity index (χ1v) is 12.5. The van der Waals surface area contributed by atoms with Crippen molar-refractivity contribution in [3.05, 3.63) is 59.4 Å². The first kappa shape index (κ1) is 29.4. The maximum absolute atomic E-state index is 13.6. The van der Waals surface area contributed by atoms with Crippen molar-refractivity contribution in [2.45, 2.75) is 38.1 Å². The molecule has 6 N–H and O–H groups in total. The van der Waals surface area contributed by atoms with Gasteiger partial charge in [-0.2, -0.15) is 0 Å². The van der Waals surface area contributed by atoms with E-state index in [4.69, 9.17) is 21.2 Å². The van der Waals surface area contributed by atoms with E-state index in [0.717, 1.165) is 29.9 Å². The quantitative estimate of drug-likeness (QED) is 0.145. The largest absolute Gasteiger partial charge is 0.481 e. The van der Waals surface area contributed by atoms with Crippen molar-refractivity contribution >= 4 is 52.7 Å². The Morgan fingerprint density at radius 1 is 1.13 bits per heavy atom. The topological polar surface area (TPSA) is 166 Å². The number of rotatable bonds is 10. The second-order valence-electron chi connectivity index (χ2n) is 9.81. The molecule has 12 heteroatoms. The number of anilines is 1. The first-order chi connectivity index (χ1) is 18.1. The van der Waals surface area contributed by atoms with Crippen molar-refractivity contribution in [1.82, 2.24) is 19.8 Å². The molecule has 2 aromatic carbocycles. The zero-order valence-electron chi connectivity index (χ0n) is 22.0. The minimum Gasteiger partial charge on any atom is -0.481 e. The van der Waals surface area contributed by atoms with Crippen molar-refractivity contribution in [3.8, 4) is 0 Å². The molecule has 1 aliphatic rings. The number of fused-ring (bicyclic) bond motifs is 1. The Balaban J connectivity index is 0.00000420. The second-order valence-corrected chi connectivity index (χ2v) is 9.81. The Morgan fingerprint density at radius 3 is 2.41 bits per heavy atom. The average molecular weight is 556 g/mol. The van der Waals surface area contributed by atoms with Crippen molar-refractivity contribution < 1.29 is 19.5 Å². The summed E-state index contributed by atoms with van der Waals surface area (Å²) >= 11 is 0. The van der Waals surface area contributed by atoms with E-state index < -0.39 is 23.7 Å². The summed E-state index contributed by atoms with van der Waals surface area (Å²) in [6.07, 6.45) is 1.21. The van der Waals surface area contributed by atoms with Crippen LogP contribution >= 0.6 is 12.4 Å². The smallest absolute Gasteiger partial charge is 0.312 e. The fourth-order valence-corrected chi connectivity index (χ4v) is 4.75. The molecule has 2 amide bonds. The molecule has 208 valence electrons. The monoisotopic (exact) mass is 555 g/mol. The van der Waals surface area contributed by atoms with Crippen molar-refractivity contribution in [2.75, 3.05) is 25.0 Å². The summed E-state index contributed by atoms with van der Waals surface area (Å²) in [5, 5.41) is 22.4. The molecule has 1 atom stereocenters. The van der Waals surface area contributed by atoms with Crippen LogP contribution in [0.2, 0.25) is 0 Å². The van der Waals surface area contributed by atoms with Gasteiger partial charge in [0.2, 0.25) is 11.8 Å². The van der Waals surface area contributed by atoms with E-state index in [0.29, 0.717) is 36.3 Å². The third kappa shape index (κ3) is 6.48. The van der Waals surface area contributed by atoms with E-state index in [1.165, 1.54) is 0 Å². The molecule has 0 saturated carbocycles. The van der Waals surface area contributed by atoms with Crippen molar-refractivity contribution in [3.63, 3.8) is 0 Å². The second kappa shape index (κ2) is 12.2. The number of carbonyl (C=O) groups excluding carboxylic acids is 2. The fourth-order valence-electron chi connectivity index (χ4n) is 4.75. The van der Waals surface area contributed by atoms with E-state index in [1.807, 2.05) is 41.9 Å². The summed E-state index contributed by atoms with van der Waals surface area (Å²) < 4.78 is 1.98. The standard InChI is InChI=1S/C27H33N7O4.ClH/c1-27(16-31-23(35)14-24(36)37,26(38)34-11-3-4-12-34)18-7-10-21-20(13-18)32-22(33(21)2)15-30-19-8-5-17(6-9-19)25(28)29;/h5-10,13,30H,3-4,11-12,14-16H2,1-2H3,(H3,28,29)(H,31,35)(H,36,37);1H. The van der Waals surface area contributed by atoms with E-state index in [2.05, 4.69) is 10.6 Å². The van der Waals surface area contributed by atoms with Gasteiger partial charge in [-0.25, -0.2) is 4.98 Å². The Hall–Kier alpha value is -4.12. The van der Waals surface area contributed by atoms with E-state index in [9.17, 15) is 14.4 Å². The predicted molar refractivity (Wildman–Crippen MR) is 151 cm³/mol. The van der Waals surface area contributed by atoms with Crippen molar-refractivity contribution in [1.29, 1.82) is 5.41 Å². The van der Waals surface area contributed by atoms with E-state index >= 15 is 0 Å². The highest BCUT2D eigenvalue weighted by molar-refractivity contribution is 5.95. The number of aryl methyl sites for hydroxylation is 1. The molecule has 1 aliphatic heterocycles. The highest BCUT2D eigenvalue weighted by atomic mass is 35.5. The number of likely N-dealkylation sites (tertiary alicyclic amines) is 1. The number of nitrogens with one attached hydrogen (secondary N) is 3. The van der Waals surface area contributed by atoms with Gasteiger partial charge in [0.25, 0.3) is 0 Å². The Bertz CT molecular complexity index is 1380. The number of carboxylic acid groups (broad SMARTS) is 1. The van der Waals surface area contributed by atoms with Gasteiger partial charge in [0, 0.05) is 37.9 Å². The van der Waals surface area contributed by atoms with Crippen LogP contribution in [0, 0.1) is 5.41 Å². The molecule has 3 aromatic rings. The van der Waals surface area contributed by atoms with Gasteiger partial charge in [-0.05, 0) is 61.7 Å². The predicted octanol–water partition coefficient (Wildman–Crippen LogP) is 2.36. The number of amides is 2. The molecule has 39 heavy (non-hydrogen) atoms. The Labute approximate surface area is 232 Å². The molecule has 4 rings (SSSR count). The number of amidine groups is 1. The number of imidazole rings is 1. The van der Waals surface area contributed by atoms with Gasteiger partial charge in [0.1, 0.15) is 18.1 Å². The maximum atomic E-state index is 13.6. The summed E-state index contributed by atoms with van der Waals surface area (Å²) in [7, 11) is 1.92. The molecular weight excluding hydrogens is 522 g/mol. The van der Waals surface area contributed by atoms with Crippen LogP contribution in [0.4, 0.5) is 5.69 Å². The van der Waals surface area contributed by atoms with Crippen LogP contribution in [0.15, 0.2) is 42.5 Å². The lowest BCUT2D eigenvalue weighted by Crippen LogP contribution is -2.50. The minimum absolute atomic E-state index is 0. The Morgan fingerprint density at radius 2 is 1.79 bits per heavy atom. The fraction of sp³-hybridized carbons (Fsp3) is 0.370. The number of nitrogens with two attached hydrogens (primary N) is 1. The van der Waals surface area contributed by atoms with Gasteiger partial charge in [-0.3, -0.25) is 19.8 Å². The van der Waals surface area contributed by atoms with Crippen LogP contribution in [0.3, 0.4) is 0 Å². The molecule has 11 nitrogen and oxygen atoms in total. The number of nitrogen functional groups attached to an aromatic ring is 1. The number of carboxylic acids is 1. The van der Waals surface area contributed by atoms with Crippen LogP contribution in [-0.4, -0.2) is 62.8 Å². The summed E-state index contributed by atoms with van der Waals surface area (Å²) in [6.45, 7) is 3.54. The SMILES string of the molecule is Cl.Cn1c(CNc2ccc(C(=N)N)cc2)nc2cc(C(C)(CNC(=O)CC(=O)O)C(=O)N3CCCC3)ccc21. The minimum atomic E-state index is -1.22. The van der Waals surface area contributed by atoms with Gasteiger partial charge >= 0.3 is 5.97 Å². The molecule has 0 radical (unpaired) electrons. The van der Waals surface area contributed by atoms with Crippen LogP contribution < -0.4 is 16.4 Å². The van der Waals surface area contributed by atoms with E-state index in [1.54, 1.807) is 24.0 Å². The molecular formula is C27H34ClN7O4. The molecule has 2 heterocycles. The summed E-state index contributed by atoms with van der Waals surface area (Å²) in [4.78, 5) is 43.3. The van der Waals surface area contributed by atoms with Crippen LogP contribution in [0.25, 0.3) is 11.0 Å². The van der Waals surface area contributed by atoms with Crippen LogP contribution in [0.1, 0.15) is 43.1 Å². The maximum Gasteiger partial charge on any atom is 0.312 e. The third-order valence-electron chi connectivity index (χ3n) is 7.07. The number of carbonyl (C=O) groups is 3. The first-order valence-electron chi connectivity index (χ1n) is 12.5. The molecule has 1 unspecified atom stereocenters. The van der Waals surface area contributed by atoms with Crippen molar-refractivity contribution in [2.24, 2.45) is 12.8 Å². The van der Waals surface area contributed by atoms with Crippen LogP contribution in [-0.2, 0) is 33.4 Å². The van der Waals surface area contributed by atoms with Gasteiger partial charge in [-0.15, -0.1) is 12.4 Å². The number of halogens is 1. The number of aromatic nitrogens is 2. The van der Waals surface area contributed by atoms with Crippen LogP contribution in [0.5, 0.6) is 0 Å². The molecule has 0 bridgehead atoms. The number of benzene rings is 2. The highest BCUT2D eigenvalue weighted by Gasteiger charge is 2.40. The third-order valence-corrected chi connectivity index (χ3v) is 7.07. The van der Waals surface area contributed by atoms with Gasteiger partial charge in [0.05, 0.1) is 23.0 Å². The number of aliphatic carboxylic acids is 1. The van der Waals surface area contributed by atoms with Gasteiger partial charge < -0.3 is 30.9 Å². The number of nitrogens with zero attached hydrogens (tertiary/aromatic N) is 3. The zero-order chi connectivity index (χ0) is 27.4. The number of hydrogen-bond donors (Lipinski definition) is 5. The van der Waals surface area contributed by atoms with Gasteiger partial charge in [0.15, 0.2) is 0 Å².